The molecule has 0 aromatic carbocycles. The molecule has 12 nitrogen and oxygen atoms in total. The summed E-state index contributed by atoms with van der Waals surface area (Å²) in [6, 6.07) is 1.84. The van der Waals surface area contributed by atoms with Crippen LogP contribution >= 0.6 is 0 Å². The number of nitrogens with zero attached hydrogens (tertiary/aromatic N) is 3. The van der Waals surface area contributed by atoms with Crippen molar-refractivity contribution in [3.05, 3.63) is 11.7 Å². The number of ether oxygens (including phenoxy) is 4. The van der Waals surface area contributed by atoms with Gasteiger partial charge in [0.05, 0.1) is 26.3 Å². The molecule has 4 aliphatic heterocycles. The second kappa shape index (κ2) is 10.1. The van der Waals surface area contributed by atoms with Gasteiger partial charge in [0.15, 0.2) is 12.2 Å². The molecule has 0 aliphatic carbocycles. The number of nitrogens with one attached hydrogen (secondary N) is 2. The van der Waals surface area contributed by atoms with Crippen molar-refractivity contribution >= 4 is 17.7 Å². The highest BCUT2D eigenvalue weighted by Gasteiger charge is 2.51. The number of methoxy groups -OCH3 is 1. The second-order valence-corrected chi connectivity index (χ2v) is 10.3. The van der Waals surface area contributed by atoms with Gasteiger partial charge in [-0.1, -0.05) is 0 Å². The topological polar surface area (TPSA) is 142 Å². The third-order valence-electron chi connectivity index (χ3n) is 7.21. The highest BCUT2D eigenvalue weighted by molar-refractivity contribution is 6.35. The molecule has 4 heterocycles. The van der Waals surface area contributed by atoms with Gasteiger partial charge in [-0.3, -0.25) is 14.4 Å². The number of carbonyl (C=O) groups is 3. The maximum atomic E-state index is 12.7. The minimum Gasteiger partial charge on any atom is -0.466 e. The lowest BCUT2D eigenvalue weighted by Gasteiger charge is -2.40. The number of carbonyl (C=O) groups excluding carboxylic acids is 3. The van der Waals surface area contributed by atoms with Crippen molar-refractivity contribution < 1.29 is 33.3 Å². The summed E-state index contributed by atoms with van der Waals surface area (Å²) in [6.45, 7) is 7.15. The van der Waals surface area contributed by atoms with E-state index in [9.17, 15) is 19.6 Å². The van der Waals surface area contributed by atoms with Crippen molar-refractivity contribution in [3.63, 3.8) is 0 Å². The van der Waals surface area contributed by atoms with Crippen LogP contribution in [-0.4, -0.2) is 96.9 Å². The third-order valence-corrected chi connectivity index (χ3v) is 7.21. The second-order valence-electron chi connectivity index (χ2n) is 10.3. The first-order chi connectivity index (χ1) is 17.1. The highest BCUT2D eigenvalue weighted by Crippen LogP contribution is 2.40. The predicted octanol–water partition coefficient (Wildman–Crippen LogP) is -0.0463. The molecule has 36 heavy (non-hydrogen) atoms. The van der Waals surface area contributed by atoms with Crippen LogP contribution < -0.4 is 10.6 Å². The molecular weight excluding hydrogens is 470 g/mol. The molecule has 0 bridgehead atoms. The number of hydrogen-bond donors (Lipinski definition) is 2. The van der Waals surface area contributed by atoms with Crippen molar-refractivity contribution in [2.24, 2.45) is 0 Å². The minimum atomic E-state index is -0.837. The zero-order valence-electron chi connectivity index (χ0n) is 21.3. The first-order valence-corrected chi connectivity index (χ1v) is 12.4. The van der Waals surface area contributed by atoms with E-state index in [4.69, 9.17) is 18.9 Å². The van der Waals surface area contributed by atoms with Crippen molar-refractivity contribution in [2.45, 2.75) is 76.0 Å². The van der Waals surface area contributed by atoms with Crippen LogP contribution in [0.4, 0.5) is 0 Å². The van der Waals surface area contributed by atoms with Gasteiger partial charge in [-0.15, -0.1) is 0 Å². The van der Waals surface area contributed by atoms with Crippen LogP contribution in [0, 0.1) is 11.3 Å². The summed E-state index contributed by atoms with van der Waals surface area (Å²) in [5.41, 5.74) is -0.340. The Morgan fingerprint density at radius 2 is 1.92 bits per heavy atom. The zero-order valence-corrected chi connectivity index (χ0v) is 21.3. The van der Waals surface area contributed by atoms with E-state index in [1.54, 1.807) is 18.7 Å². The van der Waals surface area contributed by atoms with Crippen molar-refractivity contribution in [1.82, 2.24) is 20.4 Å². The van der Waals surface area contributed by atoms with E-state index in [1.165, 1.54) is 12.0 Å². The average Bonchev–Trinajstić information content (AvgIpc) is 3.54. The fourth-order valence-corrected chi connectivity index (χ4v) is 5.05. The lowest BCUT2D eigenvalue weighted by Crippen LogP contribution is -2.57. The summed E-state index contributed by atoms with van der Waals surface area (Å²) in [6.07, 6.45) is 1.66. The van der Waals surface area contributed by atoms with E-state index >= 15 is 0 Å². The quantitative estimate of drug-likeness (QED) is 0.475. The molecule has 0 radical (unpaired) electrons. The molecule has 198 valence electrons. The standard InChI is InChI=1S/C24H35N5O7/c1-23(2)35-18-16(34-22(33-4)19(18)36-23)13-26-20(31)21(32)28-10-7-24(3,8-11-28)27-14-17(30)29-9-5-6-15(29)12-25/h15-16,18,27H,5-11,13-14H2,1-4H3,(H,26,31)/t15-,16?,18?/m0/s1. The number of likely N-dealkylation sites (tertiary alicyclic amines) is 2. The van der Waals surface area contributed by atoms with Crippen LogP contribution in [0.5, 0.6) is 0 Å². The number of amides is 3. The van der Waals surface area contributed by atoms with E-state index < -0.39 is 29.8 Å². The van der Waals surface area contributed by atoms with Crippen molar-refractivity contribution in [3.8, 4) is 6.07 Å². The van der Waals surface area contributed by atoms with Gasteiger partial charge >= 0.3 is 17.8 Å². The number of fused-ring (bicyclic) bond motifs is 1. The third kappa shape index (κ3) is 5.37. The molecular formula is C24H35N5O7. The Bertz CT molecular complexity index is 966. The van der Waals surface area contributed by atoms with E-state index in [0.717, 1.165) is 12.8 Å². The molecule has 4 aliphatic rings. The number of rotatable bonds is 6. The van der Waals surface area contributed by atoms with Gasteiger partial charge in [-0.05, 0) is 32.6 Å². The smallest absolute Gasteiger partial charge is 0.322 e. The van der Waals surface area contributed by atoms with E-state index in [2.05, 4.69) is 16.7 Å². The van der Waals surface area contributed by atoms with Gasteiger partial charge in [0.25, 0.3) is 0 Å². The summed E-state index contributed by atoms with van der Waals surface area (Å²) < 4.78 is 22.5. The molecule has 0 saturated carbocycles. The fourth-order valence-electron chi connectivity index (χ4n) is 5.05. The first kappa shape index (κ1) is 26.0. The largest absolute Gasteiger partial charge is 0.466 e. The summed E-state index contributed by atoms with van der Waals surface area (Å²) in [4.78, 5) is 41.0. The molecule has 4 rings (SSSR count). The van der Waals surface area contributed by atoms with Gasteiger partial charge in [0.1, 0.15) is 6.04 Å². The first-order valence-electron chi connectivity index (χ1n) is 12.4. The molecule has 0 aromatic rings. The molecule has 0 aromatic heterocycles. The molecule has 3 fully saturated rings. The highest BCUT2D eigenvalue weighted by atomic mass is 16.8. The summed E-state index contributed by atoms with van der Waals surface area (Å²) >= 11 is 0. The maximum absolute atomic E-state index is 12.7. The summed E-state index contributed by atoms with van der Waals surface area (Å²) in [5, 5.41) is 15.2. The molecule has 3 atom stereocenters. The average molecular weight is 506 g/mol. The van der Waals surface area contributed by atoms with E-state index in [1.807, 2.05) is 6.92 Å². The van der Waals surface area contributed by atoms with Gasteiger partial charge in [0.2, 0.25) is 17.5 Å². The van der Waals surface area contributed by atoms with Crippen molar-refractivity contribution in [1.29, 1.82) is 5.26 Å². The van der Waals surface area contributed by atoms with Gasteiger partial charge in [-0.2, -0.15) is 5.26 Å². The molecule has 3 saturated heterocycles. The molecule has 0 spiro atoms. The fraction of sp³-hybridized carbons (Fsp3) is 0.750. The molecule has 2 unspecified atom stereocenters. The zero-order chi connectivity index (χ0) is 26.1. The predicted molar refractivity (Wildman–Crippen MR) is 125 cm³/mol. The Hall–Kier alpha value is -3.04. The van der Waals surface area contributed by atoms with Crippen LogP contribution in [-0.2, 0) is 33.3 Å². The van der Waals surface area contributed by atoms with E-state index in [0.29, 0.717) is 38.2 Å². The lowest BCUT2D eigenvalue weighted by molar-refractivity contribution is -0.162. The number of piperidine rings is 1. The molecule has 12 heteroatoms. The van der Waals surface area contributed by atoms with Crippen LogP contribution in [0.2, 0.25) is 0 Å². The van der Waals surface area contributed by atoms with Crippen LogP contribution in [0.25, 0.3) is 0 Å². The molecule has 2 N–H and O–H groups in total. The summed E-state index contributed by atoms with van der Waals surface area (Å²) in [7, 11) is 1.46. The summed E-state index contributed by atoms with van der Waals surface area (Å²) in [5.74, 6) is -1.58. The number of hydrogen-bond acceptors (Lipinski definition) is 9. The molecule has 3 amide bonds. The minimum absolute atomic E-state index is 0.0560. The van der Waals surface area contributed by atoms with Crippen LogP contribution in [0.15, 0.2) is 11.7 Å². The maximum Gasteiger partial charge on any atom is 0.322 e. The van der Waals surface area contributed by atoms with Gasteiger partial charge in [-0.25, -0.2) is 0 Å². The van der Waals surface area contributed by atoms with Crippen molar-refractivity contribution in [2.75, 3.05) is 39.8 Å². The van der Waals surface area contributed by atoms with E-state index in [-0.39, 0.29) is 36.5 Å². The van der Waals surface area contributed by atoms with Crippen LogP contribution in [0.1, 0.15) is 46.5 Å². The van der Waals surface area contributed by atoms with Crippen LogP contribution in [0.3, 0.4) is 0 Å². The Morgan fingerprint density at radius 1 is 1.19 bits per heavy atom. The Labute approximate surface area is 210 Å². The Kier molecular flexibility index (Phi) is 7.33. The Morgan fingerprint density at radius 3 is 2.58 bits per heavy atom. The normalized spacial score (nSPS) is 28.1. The SMILES string of the molecule is COC1=C2OC(C)(C)OC2C(CNC(=O)C(=O)N2CCC(C)(NCC(=O)N3CCC[C@H]3C#N)CC2)O1. The number of nitriles is 1. The Balaban J connectivity index is 1.21. The van der Waals surface area contributed by atoms with Gasteiger partial charge < -0.3 is 39.4 Å². The lowest BCUT2D eigenvalue weighted by atomic mass is 9.89. The van der Waals surface area contributed by atoms with Gasteiger partial charge in [0, 0.05) is 39.0 Å². The monoisotopic (exact) mass is 505 g/mol.